The van der Waals surface area contributed by atoms with Crippen LogP contribution in [0.4, 0.5) is 39.5 Å². The normalized spacial score (nSPS) is 12.8. The Morgan fingerprint density at radius 1 is 1.00 bits per heavy atom. The van der Waals surface area contributed by atoms with Crippen molar-refractivity contribution in [2.24, 2.45) is 0 Å². The van der Waals surface area contributed by atoms with E-state index in [1.165, 1.54) is 0 Å². The Kier molecular flexibility index (Phi) is 7.96. The molecule has 0 saturated heterocycles. The van der Waals surface area contributed by atoms with Crippen molar-refractivity contribution in [3.8, 4) is 5.75 Å². The zero-order valence-corrected chi connectivity index (χ0v) is 15.4. The van der Waals surface area contributed by atoms with Gasteiger partial charge in [-0.15, -0.1) is 0 Å². The fourth-order valence-corrected chi connectivity index (χ4v) is 2.08. The molecule has 29 heavy (non-hydrogen) atoms. The van der Waals surface area contributed by atoms with Crippen LogP contribution < -0.4 is 4.74 Å². The minimum atomic E-state index is -6.51. The molecule has 1 rings (SSSR count). The van der Waals surface area contributed by atoms with Gasteiger partial charge in [-0.2, -0.15) is 26.3 Å². The summed E-state index contributed by atoms with van der Waals surface area (Å²) in [6.45, 7) is -2.63. The molecule has 0 N–H and O–H groups in total. The molecule has 164 valence electrons. The van der Waals surface area contributed by atoms with Crippen LogP contribution >= 0.6 is 15.9 Å². The van der Waals surface area contributed by atoms with Crippen LogP contribution in [-0.2, 0) is 14.3 Å². The van der Waals surface area contributed by atoms with E-state index in [0.717, 1.165) is 18.2 Å². The van der Waals surface area contributed by atoms with Crippen LogP contribution in [0.25, 0.3) is 0 Å². The topological polar surface area (TPSA) is 52.6 Å². The molecule has 4 nitrogen and oxygen atoms in total. The van der Waals surface area contributed by atoms with Crippen LogP contribution in [0.15, 0.2) is 22.7 Å². The first-order valence-corrected chi connectivity index (χ1v) is 8.14. The van der Waals surface area contributed by atoms with E-state index in [2.05, 4.69) is 20.7 Å². The Bertz CT molecular complexity index is 755. The molecule has 0 saturated carbocycles. The number of hydrogen-bond donors (Lipinski definition) is 0. The molecule has 0 unspecified atom stereocenters. The molecule has 14 heteroatoms. The summed E-state index contributed by atoms with van der Waals surface area (Å²) in [6.07, 6.45) is -6.89. The van der Waals surface area contributed by atoms with Gasteiger partial charge in [-0.25, -0.2) is 13.2 Å². The van der Waals surface area contributed by atoms with E-state index in [9.17, 15) is 49.1 Å². The smallest absolute Gasteiger partial charge is 0.381 e. The van der Waals surface area contributed by atoms with Gasteiger partial charge in [0, 0.05) is 0 Å². The van der Waals surface area contributed by atoms with Gasteiger partial charge in [0.25, 0.3) is 0 Å². The van der Waals surface area contributed by atoms with Gasteiger partial charge >= 0.3 is 36.1 Å². The molecule has 0 aliphatic heterocycles. The first-order chi connectivity index (χ1) is 13.1. The van der Waals surface area contributed by atoms with Crippen molar-refractivity contribution in [1.82, 2.24) is 0 Å². The minimum Gasteiger partial charge on any atom is -0.459 e. The van der Waals surface area contributed by atoms with Crippen LogP contribution in [0.2, 0.25) is 0 Å². The molecule has 0 atom stereocenters. The highest BCUT2D eigenvalue weighted by Gasteiger charge is 2.75. The second-order valence-corrected chi connectivity index (χ2v) is 6.27. The third-order valence-corrected chi connectivity index (χ3v) is 3.84. The molecular weight excluding hydrogens is 495 g/mol. The molecule has 0 bridgehead atoms. The number of benzene rings is 1. The average Bonchev–Trinajstić information content (AvgIpc) is 2.60. The lowest BCUT2D eigenvalue weighted by molar-refractivity contribution is -0.344. The summed E-state index contributed by atoms with van der Waals surface area (Å²) >= 11 is 2.87. The van der Waals surface area contributed by atoms with Crippen LogP contribution in [0.3, 0.4) is 0 Å². The number of alkyl halides is 8. The second-order valence-electron chi connectivity index (χ2n) is 5.41. The summed E-state index contributed by atoms with van der Waals surface area (Å²) in [7, 11) is 0. The van der Waals surface area contributed by atoms with Crippen molar-refractivity contribution < 1.29 is 58.6 Å². The van der Waals surface area contributed by atoms with Crippen LogP contribution in [0.1, 0.15) is 12.8 Å². The first-order valence-electron chi connectivity index (χ1n) is 7.34. The van der Waals surface area contributed by atoms with E-state index in [4.69, 9.17) is 4.74 Å². The molecule has 1 aromatic rings. The molecule has 0 spiro atoms. The van der Waals surface area contributed by atoms with Crippen LogP contribution in [-0.4, -0.2) is 42.7 Å². The van der Waals surface area contributed by atoms with Gasteiger partial charge in [-0.1, -0.05) is 0 Å². The average molecular weight is 505 g/mol. The molecule has 0 heterocycles. The van der Waals surface area contributed by atoms with E-state index in [0.29, 0.717) is 0 Å². The van der Waals surface area contributed by atoms with E-state index < -0.39 is 61.4 Å². The predicted molar refractivity (Wildman–Crippen MR) is 80.8 cm³/mol. The van der Waals surface area contributed by atoms with Crippen molar-refractivity contribution in [2.75, 3.05) is 6.61 Å². The maximum Gasteiger partial charge on any atom is 0.381 e. The lowest BCUT2D eigenvalue weighted by Crippen LogP contribution is -2.59. The van der Waals surface area contributed by atoms with Crippen molar-refractivity contribution in [3.63, 3.8) is 0 Å². The largest absolute Gasteiger partial charge is 0.459 e. The number of carbonyl (C=O) groups is 2. The quantitative estimate of drug-likeness (QED) is 0.270. The van der Waals surface area contributed by atoms with Crippen molar-refractivity contribution in [3.05, 3.63) is 28.5 Å². The monoisotopic (exact) mass is 504 g/mol. The van der Waals surface area contributed by atoms with E-state index in [1.54, 1.807) is 0 Å². The first kappa shape index (κ1) is 25.0. The summed E-state index contributed by atoms with van der Waals surface area (Å²) in [4.78, 5) is 22.8. The van der Waals surface area contributed by atoms with Gasteiger partial charge in [0.1, 0.15) is 11.6 Å². The van der Waals surface area contributed by atoms with Gasteiger partial charge < -0.3 is 9.47 Å². The summed E-state index contributed by atoms with van der Waals surface area (Å²) in [6, 6.07) is 2.91. The minimum absolute atomic E-state index is 0.0234. The van der Waals surface area contributed by atoms with E-state index >= 15 is 0 Å². The zero-order chi connectivity index (χ0) is 22.6. The lowest BCUT2D eigenvalue weighted by Gasteiger charge is -2.31. The fourth-order valence-electron chi connectivity index (χ4n) is 1.65. The van der Waals surface area contributed by atoms with E-state index in [-0.39, 0.29) is 10.2 Å². The summed E-state index contributed by atoms with van der Waals surface area (Å²) in [5.41, 5.74) is 0. The van der Waals surface area contributed by atoms with Crippen LogP contribution in [0.5, 0.6) is 5.75 Å². The summed E-state index contributed by atoms with van der Waals surface area (Å²) in [5.74, 6) is -22.4. The molecule has 0 aliphatic rings. The van der Waals surface area contributed by atoms with Gasteiger partial charge in [-0.05, 0) is 34.1 Å². The fraction of sp³-hybridized carbons (Fsp3) is 0.467. The predicted octanol–water partition coefficient (Wildman–Crippen LogP) is 4.99. The number of halogens is 10. The molecule has 0 amide bonds. The Balaban J connectivity index is 2.59. The highest BCUT2D eigenvalue weighted by molar-refractivity contribution is 9.10. The van der Waals surface area contributed by atoms with Gasteiger partial charge in [0.2, 0.25) is 0 Å². The molecule has 0 aliphatic carbocycles. The third-order valence-electron chi connectivity index (χ3n) is 3.22. The van der Waals surface area contributed by atoms with Gasteiger partial charge in [-0.3, -0.25) is 9.59 Å². The SMILES string of the molecule is O=C(CCC(=O)Oc1ccc(F)cc1Br)OCC(F)(F)C(F)(F)C(F)(F)C(F)F. The maximum absolute atomic E-state index is 13.2. The number of esters is 2. The molecular formula is C15H10BrF9O4. The van der Waals surface area contributed by atoms with E-state index in [1.807, 2.05) is 0 Å². The Hall–Kier alpha value is -1.99. The van der Waals surface area contributed by atoms with Crippen molar-refractivity contribution >= 4 is 27.9 Å². The maximum atomic E-state index is 13.2. The Labute approximate surface area is 165 Å². The van der Waals surface area contributed by atoms with Gasteiger partial charge in [0.15, 0.2) is 6.61 Å². The third kappa shape index (κ3) is 6.00. The zero-order valence-electron chi connectivity index (χ0n) is 13.8. The molecule has 0 fully saturated rings. The highest BCUT2D eigenvalue weighted by atomic mass is 79.9. The van der Waals surface area contributed by atoms with Gasteiger partial charge in [0.05, 0.1) is 17.3 Å². The number of ether oxygens (including phenoxy) is 2. The number of rotatable bonds is 9. The number of carbonyl (C=O) groups excluding carboxylic acids is 2. The standard InChI is InChI=1S/C15H10BrF9O4/c16-8-5-7(17)1-2-9(8)29-11(27)4-3-10(26)28-6-13(20,21)15(24,25)14(22,23)12(18)19/h1-2,5,12H,3-4,6H2. The molecule has 0 aromatic heterocycles. The Morgan fingerprint density at radius 3 is 2.07 bits per heavy atom. The van der Waals surface area contributed by atoms with Crippen molar-refractivity contribution in [2.45, 2.75) is 37.0 Å². The van der Waals surface area contributed by atoms with Crippen LogP contribution in [0, 0.1) is 5.82 Å². The number of hydrogen-bond acceptors (Lipinski definition) is 4. The van der Waals surface area contributed by atoms with Crippen molar-refractivity contribution in [1.29, 1.82) is 0 Å². The molecule has 0 radical (unpaired) electrons. The Morgan fingerprint density at radius 2 is 1.55 bits per heavy atom. The summed E-state index contributed by atoms with van der Waals surface area (Å²) in [5, 5.41) is 0. The second kappa shape index (κ2) is 9.22. The summed E-state index contributed by atoms with van der Waals surface area (Å²) < 4.78 is 123. The highest BCUT2D eigenvalue weighted by Crippen LogP contribution is 2.48. The molecule has 1 aromatic carbocycles. The lowest BCUT2D eigenvalue weighted by atomic mass is 10.1.